The summed E-state index contributed by atoms with van der Waals surface area (Å²) in [6, 6.07) is 30.7. The zero-order valence-corrected chi connectivity index (χ0v) is 14.6. The van der Waals surface area contributed by atoms with Crippen LogP contribution in [0.2, 0.25) is 0 Å². The summed E-state index contributed by atoms with van der Waals surface area (Å²) in [6.45, 7) is 0. The van der Waals surface area contributed by atoms with Gasteiger partial charge >= 0.3 is 0 Å². The zero-order chi connectivity index (χ0) is 16.1. The Morgan fingerprint density at radius 1 is 0.500 bits per heavy atom. The molecule has 0 bridgehead atoms. The van der Waals surface area contributed by atoms with Crippen LogP contribution in [-0.2, 0) is 0 Å². The Bertz CT molecular complexity index is 1030. The lowest BCUT2D eigenvalue weighted by Gasteiger charge is -2.17. The van der Waals surface area contributed by atoms with Crippen molar-refractivity contribution in [3.8, 4) is 11.1 Å². The van der Waals surface area contributed by atoms with Crippen LogP contribution in [0.15, 0.2) is 89.4 Å². The van der Waals surface area contributed by atoms with Crippen molar-refractivity contribution in [1.29, 1.82) is 0 Å². The molecule has 0 saturated carbocycles. The molecule has 0 spiro atoms. The summed E-state index contributed by atoms with van der Waals surface area (Å²) in [4.78, 5) is 0. The van der Waals surface area contributed by atoms with Gasteiger partial charge in [-0.3, -0.25) is 0 Å². The first kappa shape index (κ1) is 14.0. The molecule has 0 saturated heterocycles. The number of benzene rings is 4. The molecule has 0 aliphatic heterocycles. The Labute approximate surface area is 149 Å². The molecular formula is C23H15Br. The van der Waals surface area contributed by atoms with E-state index in [0.717, 1.165) is 4.47 Å². The highest BCUT2D eigenvalue weighted by Crippen LogP contribution is 2.49. The van der Waals surface area contributed by atoms with Crippen LogP contribution in [0.1, 0.15) is 22.6 Å². The van der Waals surface area contributed by atoms with Gasteiger partial charge in [0.1, 0.15) is 0 Å². The molecule has 4 aromatic carbocycles. The largest absolute Gasteiger partial charge is 0.0619 e. The maximum absolute atomic E-state index is 3.70. The van der Waals surface area contributed by atoms with Crippen molar-refractivity contribution in [3.05, 3.63) is 106 Å². The highest BCUT2D eigenvalue weighted by atomic mass is 79.9. The first-order chi connectivity index (χ1) is 11.8. The predicted octanol–water partition coefficient (Wildman–Crippen LogP) is 6.76. The molecule has 4 aromatic rings. The van der Waals surface area contributed by atoms with Crippen molar-refractivity contribution >= 4 is 26.7 Å². The Morgan fingerprint density at radius 3 is 1.71 bits per heavy atom. The molecule has 0 atom stereocenters. The SMILES string of the molecule is Brc1ccc(C2c3ccccc3-c3ccccc32)c2ccccc12. The van der Waals surface area contributed by atoms with Gasteiger partial charge in [-0.2, -0.15) is 0 Å². The Kier molecular flexibility index (Phi) is 3.11. The molecule has 1 aliphatic carbocycles. The molecule has 0 N–H and O–H groups in total. The summed E-state index contributed by atoms with van der Waals surface area (Å²) in [5.41, 5.74) is 6.93. The molecule has 0 unspecified atom stereocenters. The lowest BCUT2D eigenvalue weighted by Crippen LogP contribution is -2.00. The summed E-state index contributed by atoms with van der Waals surface area (Å²) in [5, 5.41) is 2.60. The third kappa shape index (κ3) is 1.91. The normalized spacial score (nSPS) is 13.0. The van der Waals surface area contributed by atoms with E-state index < -0.39 is 0 Å². The molecule has 0 nitrogen and oxygen atoms in total. The number of halogens is 1. The number of hydrogen-bond donors (Lipinski definition) is 0. The first-order valence-electron chi connectivity index (χ1n) is 8.20. The van der Waals surface area contributed by atoms with Gasteiger partial charge < -0.3 is 0 Å². The van der Waals surface area contributed by atoms with Gasteiger partial charge in [-0.1, -0.05) is 94.8 Å². The average molecular weight is 371 g/mol. The van der Waals surface area contributed by atoms with Gasteiger partial charge in [0, 0.05) is 10.4 Å². The fraction of sp³-hybridized carbons (Fsp3) is 0.0435. The minimum atomic E-state index is 0.301. The highest BCUT2D eigenvalue weighted by Gasteiger charge is 2.30. The maximum atomic E-state index is 3.70. The fourth-order valence-electron chi connectivity index (χ4n) is 4.03. The van der Waals surface area contributed by atoms with Gasteiger partial charge in [-0.05, 0) is 44.7 Å². The Hall–Kier alpha value is -2.38. The average Bonchev–Trinajstić information content (AvgIpc) is 2.97. The third-order valence-electron chi connectivity index (χ3n) is 5.05. The summed E-state index contributed by atoms with van der Waals surface area (Å²) < 4.78 is 1.15. The van der Waals surface area contributed by atoms with Crippen molar-refractivity contribution in [2.24, 2.45) is 0 Å². The molecule has 5 rings (SSSR count). The van der Waals surface area contributed by atoms with Crippen molar-refractivity contribution in [3.63, 3.8) is 0 Å². The number of fused-ring (bicyclic) bond motifs is 4. The molecule has 1 heteroatoms. The van der Waals surface area contributed by atoms with Crippen LogP contribution in [0, 0.1) is 0 Å². The number of hydrogen-bond acceptors (Lipinski definition) is 0. The highest BCUT2D eigenvalue weighted by molar-refractivity contribution is 9.10. The van der Waals surface area contributed by atoms with E-state index in [9.17, 15) is 0 Å². The van der Waals surface area contributed by atoms with E-state index in [4.69, 9.17) is 0 Å². The molecule has 24 heavy (non-hydrogen) atoms. The van der Waals surface area contributed by atoms with Crippen LogP contribution >= 0.6 is 15.9 Å². The lowest BCUT2D eigenvalue weighted by molar-refractivity contribution is 1.03. The topological polar surface area (TPSA) is 0 Å². The quantitative estimate of drug-likeness (QED) is 0.305. The van der Waals surface area contributed by atoms with Gasteiger partial charge in [-0.25, -0.2) is 0 Å². The Morgan fingerprint density at radius 2 is 1.04 bits per heavy atom. The monoisotopic (exact) mass is 370 g/mol. The second kappa shape index (κ2) is 5.32. The van der Waals surface area contributed by atoms with Gasteiger partial charge in [0.05, 0.1) is 0 Å². The van der Waals surface area contributed by atoms with Gasteiger partial charge in [0.2, 0.25) is 0 Å². The van der Waals surface area contributed by atoms with Crippen LogP contribution in [0.4, 0.5) is 0 Å². The summed E-state index contributed by atoms with van der Waals surface area (Å²) in [7, 11) is 0. The summed E-state index contributed by atoms with van der Waals surface area (Å²) >= 11 is 3.70. The van der Waals surface area contributed by atoms with E-state index >= 15 is 0 Å². The molecular weight excluding hydrogens is 356 g/mol. The van der Waals surface area contributed by atoms with Gasteiger partial charge in [0.15, 0.2) is 0 Å². The first-order valence-corrected chi connectivity index (χ1v) is 8.99. The minimum Gasteiger partial charge on any atom is -0.0619 e. The van der Waals surface area contributed by atoms with Crippen LogP contribution in [-0.4, -0.2) is 0 Å². The maximum Gasteiger partial charge on any atom is 0.0358 e. The molecule has 0 aromatic heterocycles. The van der Waals surface area contributed by atoms with Crippen molar-refractivity contribution < 1.29 is 0 Å². The smallest absolute Gasteiger partial charge is 0.0358 e. The van der Waals surface area contributed by atoms with E-state index in [1.807, 2.05) is 0 Å². The van der Waals surface area contributed by atoms with E-state index in [2.05, 4.69) is 101 Å². The molecule has 0 heterocycles. The summed E-state index contributed by atoms with van der Waals surface area (Å²) in [6.07, 6.45) is 0. The number of rotatable bonds is 1. The fourth-order valence-corrected chi connectivity index (χ4v) is 4.51. The second-order valence-electron chi connectivity index (χ2n) is 6.29. The Balaban J connectivity index is 1.87. The van der Waals surface area contributed by atoms with E-state index in [1.165, 1.54) is 38.6 Å². The standard InChI is InChI=1S/C23H15Br/c24-22-14-13-21(17-9-1-4-10-18(17)22)23-19-11-5-2-7-15(19)16-8-3-6-12-20(16)23/h1-14,23H. The molecule has 0 radical (unpaired) electrons. The van der Waals surface area contributed by atoms with Crippen molar-refractivity contribution in [2.45, 2.75) is 5.92 Å². The zero-order valence-electron chi connectivity index (χ0n) is 13.0. The molecule has 0 fully saturated rings. The molecule has 114 valence electrons. The van der Waals surface area contributed by atoms with Crippen LogP contribution < -0.4 is 0 Å². The van der Waals surface area contributed by atoms with Crippen LogP contribution in [0.3, 0.4) is 0 Å². The van der Waals surface area contributed by atoms with Crippen molar-refractivity contribution in [2.75, 3.05) is 0 Å². The van der Waals surface area contributed by atoms with Crippen molar-refractivity contribution in [1.82, 2.24) is 0 Å². The van der Waals surface area contributed by atoms with Crippen LogP contribution in [0.25, 0.3) is 21.9 Å². The third-order valence-corrected chi connectivity index (χ3v) is 5.74. The summed E-state index contributed by atoms with van der Waals surface area (Å²) in [5.74, 6) is 0.301. The van der Waals surface area contributed by atoms with Gasteiger partial charge in [-0.15, -0.1) is 0 Å². The van der Waals surface area contributed by atoms with E-state index in [1.54, 1.807) is 0 Å². The van der Waals surface area contributed by atoms with Crippen LogP contribution in [0.5, 0.6) is 0 Å². The van der Waals surface area contributed by atoms with E-state index in [-0.39, 0.29) is 0 Å². The lowest BCUT2D eigenvalue weighted by atomic mass is 9.86. The van der Waals surface area contributed by atoms with E-state index in [0.29, 0.717) is 5.92 Å². The second-order valence-corrected chi connectivity index (χ2v) is 7.14. The molecule has 0 amide bonds. The predicted molar refractivity (Wildman–Crippen MR) is 104 cm³/mol. The molecule has 1 aliphatic rings. The minimum absolute atomic E-state index is 0.301. The van der Waals surface area contributed by atoms with Gasteiger partial charge in [0.25, 0.3) is 0 Å².